The molecule has 0 atom stereocenters. The molecular formula is C31H32FN3O3S. The molecule has 0 aliphatic carbocycles. The van der Waals surface area contributed by atoms with Crippen molar-refractivity contribution in [1.29, 1.82) is 0 Å². The Labute approximate surface area is 229 Å². The molecule has 5 rings (SSSR count). The first-order chi connectivity index (χ1) is 18.7. The number of anilines is 2. The monoisotopic (exact) mass is 545 g/mol. The van der Waals surface area contributed by atoms with Crippen LogP contribution in [0.25, 0.3) is 10.8 Å². The molecule has 0 spiro atoms. The maximum absolute atomic E-state index is 14.2. The molecule has 1 amide bonds. The van der Waals surface area contributed by atoms with E-state index in [0.717, 1.165) is 21.9 Å². The zero-order valence-corrected chi connectivity index (χ0v) is 23.0. The van der Waals surface area contributed by atoms with Gasteiger partial charge in [0.1, 0.15) is 5.82 Å². The van der Waals surface area contributed by atoms with Crippen LogP contribution in [0.2, 0.25) is 0 Å². The van der Waals surface area contributed by atoms with Crippen LogP contribution in [0.15, 0.2) is 89.8 Å². The summed E-state index contributed by atoms with van der Waals surface area (Å²) in [6.45, 7) is 5.81. The molecule has 4 aromatic carbocycles. The number of carbonyl (C=O) groups is 1. The van der Waals surface area contributed by atoms with Crippen LogP contribution in [-0.2, 0) is 14.8 Å². The second-order valence-corrected chi connectivity index (χ2v) is 11.9. The number of piperazine rings is 1. The number of halogens is 1. The Morgan fingerprint density at radius 1 is 0.821 bits per heavy atom. The van der Waals surface area contributed by atoms with Crippen molar-refractivity contribution in [3.05, 3.63) is 102 Å². The van der Waals surface area contributed by atoms with Crippen molar-refractivity contribution in [3.8, 4) is 0 Å². The molecule has 39 heavy (non-hydrogen) atoms. The number of hydrogen-bond donors (Lipinski definition) is 0. The smallest absolute Gasteiger partial charge is 0.264 e. The van der Waals surface area contributed by atoms with E-state index in [-0.39, 0.29) is 29.6 Å². The quantitative estimate of drug-likeness (QED) is 0.306. The lowest BCUT2D eigenvalue weighted by molar-refractivity contribution is -0.131. The molecule has 0 unspecified atom stereocenters. The summed E-state index contributed by atoms with van der Waals surface area (Å²) in [5.41, 5.74) is 2.96. The second kappa shape index (κ2) is 11.1. The molecule has 8 heteroatoms. The fourth-order valence-electron chi connectivity index (χ4n) is 5.20. The average molecular weight is 546 g/mol. The standard InChI is InChI=1S/C31H32FN3O3S/c1-23-19-24(2)21-27(20-23)35(39(37,38)28-12-11-25-7-3-4-8-26(25)22-28)14-13-31(36)34-17-15-33(16-18-34)30-10-6-5-9-29(30)32/h3-12,19-22H,13-18H2,1-2H3. The maximum atomic E-state index is 14.2. The molecular weight excluding hydrogens is 513 g/mol. The minimum Gasteiger partial charge on any atom is -0.366 e. The van der Waals surface area contributed by atoms with Crippen molar-refractivity contribution in [2.24, 2.45) is 0 Å². The first kappa shape index (κ1) is 26.7. The first-order valence-electron chi connectivity index (χ1n) is 13.1. The van der Waals surface area contributed by atoms with Gasteiger partial charge in [-0.3, -0.25) is 9.10 Å². The van der Waals surface area contributed by atoms with Crippen LogP contribution in [-0.4, -0.2) is 51.9 Å². The topological polar surface area (TPSA) is 60.9 Å². The van der Waals surface area contributed by atoms with Gasteiger partial charge in [-0.25, -0.2) is 12.8 Å². The Kier molecular flexibility index (Phi) is 7.57. The summed E-state index contributed by atoms with van der Waals surface area (Å²) in [7, 11) is -3.94. The third-order valence-electron chi connectivity index (χ3n) is 7.16. The van der Waals surface area contributed by atoms with Gasteiger partial charge < -0.3 is 9.80 Å². The number of fused-ring (bicyclic) bond motifs is 1. The fourth-order valence-corrected chi connectivity index (χ4v) is 6.68. The predicted molar refractivity (Wildman–Crippen MR) is 154 cm³/mol. The average Bonchev–Trinajstić information content (AvgIpc) is 2.92. The Hall–Kier alpha value is -3.91. The number of amides is 1. The Morgan fingerprint density at radius 2 is 1.46 bits per heavy atom. The van der Waals surface area contributed by atoms with E-state index in [0.29, 0.717) is 37.6 Å². The number of aryl methyl sites for hydroxylation is 2. The van der Waals surface area contributed by atoms with Gasteiger partial charge in [-0.1, -0.05) is 48.5 Å². The molecule has 1 heterocycles. The van der Waals surface area contributed by atoms with Gasteiger partial charge in [0.05, 0.1) is 16.3 Å². The SMILES string of the molecule is Cc1cc(C)cc(N(CCC(=O)N2CCN(c3ccccc3F)CC2)S(=O)(=O)c2ccc3ccccc3c2)c1. The fraction of sp³-hybridized carbons (Fsp3) is 0.258. The number of benzene rings is 4. The summed E-state index contributed by atoms with van der Waals surface area (Å²) in [6, 6.07) is 25.0. The Balaban J connectivity index is 1.35. The summed E-state index contributed by atoms with van der Waals surface area (Å²) in [5, 5.41) is 1.79. The molecule has 1 fully saturated rings. The largest absolute Gasteiger partial charge is 0.366 e. The number of carbonyl (C=O) groups excluding carboxylic acids is 1. The lowest BCUT2D eigenvalue weighted by atomic mass is 10.1. The van der Waals surface area contributed by atoms with E-state index in [1.54, 1.807) is 35.2 Å². The summed E-state index contributed by atoms with van der Waals surface area (Å²) in [4.78, 5) is 17.1. The van der Waals surface area contributed by atoms with Crippen LogP contribution in [0.4, 0.5) is 15.8 Å². The summed E-state index contributed by atoms with van der Waals surface area (Å²) in [6.07, 6.45) is 0.0412. The number of para-hydroxylation sites is 1. The number of sulfonamides is 1. The third-order valence-corrected chi connectivity index (χ3v) is 8.98. The van der Waals surface area contributed by atoms with E-state index in [9.17, 15) is 17.6 Å². The number of nitrogens with zero attached hydrogens (tertiary/aromatic N) is 3. The van der Waals surface area contributed by atoms with Gasteiger partial charge >= 0.3 is 0 Å². The molecule has 0 radical (unpaired) electrons. The van der Waals surface area contributed by atoms with E-state index < -0.39 is 10.0 Å². The van der Waals surface area contributed by atoms with Crippen molar-refractivity contribution in [3.63, 3.8) is 0 Å². The van der Waals surface area contributed by atoms with Gasteiger partial charge in [-0.15, -0.1) is 0 Å². The van der Waals surface area contributed by atoms with Crippen molar-refractivity contribution in [2.45, 2.75) is 25.2 Å². The highest BCUT2D eigenvalue weighted by Gasteiger charge is 2.28. The normalized spacial score (nSPS) is 14.0. The predicted octanol–water partition coefficient (Wildman–Crippen LogP) is 5.53. The van der Waals surface area contributed by atoms with E-state index >= 15 is 0 Å². The minimum absolute atomic E-state index is 0.0183. The van der Waals surface area contributed by atoms with Gasteiger partial charge in [-0.2, -0.15) is 0 Å². The molecule has 1 aliphatic heterocycles. The molecule has 0 N–H and O–H groups in total. The van der Waals surface area contributed by atoms with Crippen LogP contribution < -0.4 is 9.21 Å². The van der Waals surface area contributed by atoms with E-state index in [2.05, 4.69) is 0 Å². The second-order valence-electron chi connectivity index (χ2n) is 10.0. The van der Waals surface area contributed by atoms with Gasteiger partial charge in [0, 0.05) is 39.1 Å². The first-order valence-corrected chi connectivity index (χ1v) is 14.5. The summed E-state index contributed by atoms with van der Waals surface area (Å²) < 4.78 is 43.5. The number of rotatable bonds is 7. The highest BCUT2D eigenvalue weighted by Crippen LogP contribution is 2.28. The van der Waals surface area contributed by atoms with E-state index in [4.69, 9.17) is 0 Å². The van der Waals surface area contributed by atoms with E-state index in [1.165, 1.54) is 10.4 Å². The third kappa shape index (κ3) is 5.76. The van der Waals surface area contributed by atoms with Crippen molar-refractivity contribution < 1.29 is 17.6 Å². The van der Waals surface area contributed by atoms with Crippen molar-refractivity contribution >= 4 is 38.1 Å². The zero-order chi connectivity index (χ0) is 27.6. The number of hydrogen-bond acceptors (Lipinski definition) is 4. The van der Waals surface area contributed by atoms with Crippen LogP contribution in [0.5, 0.6) is 0 Å². The molecule has 1 aliphatic rings. The van der Waals surface area contributed by atoms with Crippen molar-refractivity contribution in [1.82, 2.24) is 4.90 Å². The highest BCUT2D eigenvalue weighted by atomic mass is 32.2. The molecule has 0 bridgehead atoms. The van der Waals surface area contributed by atoms with Crippen LogP contribution in [0.1, 0.15) is 17.5 Å². The molecule has 0 saturated carbocycles. The van der Waals surface area contributed by atoms with Crippen LogP contribution in [0, 0.1) is 19.7 Å². The lowest BCUT2D eigenvalue weighted by Gasteiger charge is -2.36. The minimum atomic E-state index is -3.94. The molecule has 6 nitrogen and oxygen atoms in total. The Bertz CT molecular complexity index is 1590. The van der Waals surface area contributed by atoms with Gasteiger partial charge in [0.25, 0.3) is 10.0 Å². The van der Waals surface area contributed by atoms with Crippen LogP contribution >= 0.6 is 0 Å². The molecule has 202 valence electrons. The molecule has 4 aromatic rings. The highest BCUT2D eigenvalue weighted by molar-refractivity contribution is 7.92. The zero-order valence-electron chi connectivity index (χ0n) is 22.2. The van der Waals surface area contributed by atoms with Gasteiger partial charge in [-0.05, 0) is 72.1 Å². The lowest BCUT2D eigenvalue weighted by Crippen LogP contribution is -2.49. The molecule has 1 saturated heterocycles. The van der Waals surface area contributed by atoms with E-state index in [1.807, 2.05) is 67.3 Å². The Morgan fingerprint density at radius 3 is 2.15 bits per heavy atom. The molecule has 0 aromatic heterocycles. The van der Waals surface area contributed by atoms with Crippen molar-refractivity contribution in [2.75, 3.05) is 41.9 Å². The van der Waals surface area contributed by atoms with Crippen LogP contribution in [0.3, 0.4) is 0 Å². The maximum Gasteiger partial charge on any atom is 0.264 e. The van der Waals surface area contributed by atoms with Gasteiger partial charge in [0.15, 0.2) is 0 Å². The summed E-state index contributed by atoms with van der Waals surface area (Å²) >= 11 is 0. The van der Waals surface area contributed by atoms with Gasteiger partial charge in [0.2, 0.25) is 5.91 Å². The summed E-state index contributed by atoms with van der Waals surface area (Å²) in [5.74, 6) is -0.397.